The summed E-state index contributed by atoms with van der Waals surface area (Å²) in [6, 6.07) is 6.23. The van der Waals surface area contributed by atoms with Crippen LogP contribution >= 0.6 is 0 Å². The van der Waals surface area contributed by atoms with Crippen LogP contribution < -0.4 is 0 Å². The maximum atomic E-state index is 8.74. The van der Waals surface area contributed by atoms with Gasteiger partial charge in [-0.2, -0.15) is 8.42 Å². The number of aromatic nitrogens is 1. The number of aryl methyl sites for hydroxylation is 1. The summed E-state index contributed by atoms with van der Waals surface area (Å²) in [5, 5.41) is 0. The average Bonchev–Trinajstić information content (AvgIpc) is 2.61. The summed E-state index contributed by atoms with van der Waals surface area (Å²) in [6.07, 6.45) is 23.0. The highest BCUT2D eigenvalue weighted by molar-refractivity contribution is 7.79. The van der Waals surface area contributed by atoms with Crippen molar-refractivity contribution in [3.8, 4) is 0 Å². The molecule has 6 heteroatoms. The van der Waals surface area contributed by atoms with Crippen molar-refractivity contribution in [2.45, 2.75) is 103 Å². The van der Waals surface area contributed by atoms with Crippen LogP contribution in [-0.4, -0.2) is 22.5 Å². The molecule has 0 bridgehead atoms. The van der Waals surface area contributed by atoms with Gasteiger partial charge in [-0.15, -0.1) is 0 Å². The minimum Gasteiger partial charge on any atom is -0.264 e. The molecule has 27 heavy (non-hydrogen) atoms. The lowest BCUT2D eigenvalue weighted by atomic mass is 10.0. The zero-order chi connectivity index (χ0) is 20.2. The van der Waals surface area contributed by atoms with E-state index in [0.717, 1.165) is 6.42 Å². The third-order valence-electron chi connectivity index (χ3n) is 4.51. The van der Waals surface area contributed by atoms with E-state index >= 15 is 0 Å². The molecule has 1 heterocycles. The fourth-order valence-electron chi connectivity index (χ4n) is 3.05. The fourth-order valence-corrected chi connectivity index (χ4v) is 3.05. The molecule has 0 radical (unpaired) electrons. The molecular formula is C21H39NO4S. The second kappa shape index (κ2) is 18.4. The lowest BCUT2D eigenvalue weighted by Gasteiger charge is -2.03. The number of hydrogen-bond acceptors (Lipinski definition) is 3. The number of pyridine rings is 1. The Morgan fingerprint density at radius 1 is 0.741 bits per heavy atom. The van der Waals surface area contributed by atoms with Gasteiger partial charge in [-0.25, -0.2) is 0 Å². The second-order valence-corrected chi connectivity index (χ2v) is 8.01. The van der Waals surface area contributed by atoms with Crippen LogP contribution in [0.4, 0.5) is 0 Å². The number of rotatable bonds is 15. The second-order valence-electron chi connectivity index (χ2n) is 7.12. The number of unbranched alkanes of at least 4 members (excludes halogenated alkanes) is 13. The van der Waals surface area contributed by atoms with Gasteiger partial charge < -0.3 is 0 Å². The maximum Gasteiger partial charge on any atom is 0.394 e. The average molecular weight is 402 g/mol. The highest BCUT2D eigenvalue weighted by Gasteiger charge is 1.95. The van der Waals surface area contributed by atoms with Crippen molar-refractivity contribution in [3.05, 3.63) is 30.1 Å². The first-order valence-electron chi connectivity index (χ1n) is 10.5. The molecule has 0 saturated heterocycles. The molecule has 0 aliphatic heterocycles. The Kier molecular flexibility index (Phi) is 17.7. The summed E-state index contributed by atoms with van der Waals surface area (Å²) in [4.78, 5) is 4.38. The standard InChI is InChI=1S/C21H37N.H2O4S/c1-2-3-4-5-6-7-8-9-10-11-12-13-14-15-18-21-19-16-17-20-22-21;1-5(2,3)4/h16-17,19-20H,2-15,18H2,1H3;(H2,1,2,3,4). The first-order chi connectivity index (χ1) is 12.9. The van der Waals surface area contributed by atoms with E-state index in [9.17, 15) is 0 Å². The van der Waals surface area contributed by atoms with Crippen molar-refractivity contribution in [2.24, 2.45) is 0 Å². The Labute approximate surface area is 166 Å². The van der Waals surface area contributed by atoms with Crippen LogP contribution in [0.15, 0.2) is 24.4 Å². The number of nitrogens with zero attached hydrogens (tertiary/aromatic N) is 1. The smallest absolute Gasteiger partial charge is 0.264 e. The van der Waals surface area contributed by atoms with Gasteiger partial charge in [-0.05, 0) is 25.0 Å². The molecule has 2 N–H and O–H groups in total. The topological polar surface area (TPSA) is 87.5 Å². The van der Waals surface area contributed by atoms with Gasteiger partial charge in [0.25, 0.3) is 0 Å². The molecule has 158 valence electrons. The van der Waals surface area contributed by atoms with Crippen LogP contribution in [0.2, 0.25) is 0 Å². The summed E-state index contributed by atoms with van der Waals surface area (Å²) in [5.41, 5.74) is 1.25. The molecule has 1 aromatic rings. The summed E-state index contributed by atoms with van der Waals surface area (Å²) >= 11 is 0. The zero-order valence-corrected chi connectivity index (χ0v) is 17.8. The summed E-state index contributed by atoms with van der Waals surface area (Å²) in [7, 11) is -4.67. The van der Waals surface area contributed by atoms with Gasteiger partial charge in [0.15, 0.2) is 0 Å². The molecule has 0 fully saturated rings. The monoisotopic (exact) mass is 401 g/mol. The van der Waals surface area contributed by atoms with Crippen molar-refractivity contribution in [1.82, 2.24) is 4.98 Å². The molecule has 0 aliphatic rings. The van der Waals surface area contributed by atoms with E-state index in [1.807, 2.05) is 12.3 Å². The van der Waals surface area contributed by atoms with Crippen molar-refractivity contribution in [2.75, 3.05) is 0 Å². The quantitative estimate of drug-likeness (QED) is 0.260. The summed E-state index contributed by atoms with van der Waals surface area (Å²) in [6.45, 7) is 2.29. The molecule has 5 nitrogen and oxygen atoms in total. The van der Waals surface area contributed by atoms with Crippen molar-refractivity contribution >= 4 is 10.4 Å². The zero-order valence-electron chi connectivity index (χ0n) is 17.0. The lowest BCUT2D eigenvalue weighted by Crippen LogP contribution is -1.89. The van der Waals surface area contributed by atoms with Crippen molar-refractivity contribution in [1.29, 1.82) is 0 Å². The van der Waals surface area contributed by atoms with E-state index in [1.165, 1.54) is 95.6 Å². The fraction of sp³-hybridized carbons (Fsp3) is 0.762. The highest BCUT2D eigenvalue weighted by Crippen LogP contribution is 2.13. The highest BCUT2D eigenvalue weighted by atomic mass is 32.3. The van der Waals surface area contributed by atoms with Crippen molar-refractivity contribution in [3.63, 3.8) is 0 Å². The molecule has 0 saturated carbocycles. The van der Waals surface area contributed by atoms with Gasteiger partial charge in [0.05, 0.1) is 0 Å². The van der Waals surface area contributed by atoms with Crippen LogP contribution in [0.1, 0.15) is 103 Å². The van der Waals surface area contributed by atoms with Gasteiger partial charge in [0, 0.05) is 11.9 Å². The predicted molar refractivity (Wildman–Crippen MR) is 112 cm³/mol. The Balaban J connectivity index is 0.00000119. The van der Waals surface area contributed by atoms with Crippen molar-refractivity contribution < 1.29 is 17.5 Å². The minimum atomic E-state index is -4.67. The molecular weight excluding hydrogens is 362 g/mol. The molecule has 0 aliphatic carbocycles. The van der Waals surface area contributed by atoms with E-state index in [-0.39, 0.29) is 0 Å². The van der Waals surface area contributed by atoms with Crippen LogP contribution in [-0.2, 0) is 16.8 Å². The molecule has 1 rings (SSSR count). The normalized spacial score (nSPS) is 11.1. The maximum absolute atomic E-state index is 8.74. The predicted octanol–water partition coefficient (Wildman–Crippen LogP) is 6.45. The first-order valence-corrected chi connectivity index (χ1v) is 11.9. The van der Waals surface area contributed by atoms with Crippen LogP contribution in [0.5, 0.6) is 0 Å². The van der Waals surface area contributed by atoms with Gasteiger partial charge in [0.2, 0.25) is 0 Å². The summed E-state index contributed by atoms with van der Waals surface area (Å²) < 4.78 is 31.6. The number of hydrogen-bond donors (Lipinski definition) is 2. The Bertz CT molecular complexity index is 512. The van der Waals surface area contributed by atoms with E-state index < -0.39 is 10.4 Å². The first kappa shape index (κ1) is 26.0. The molecule has 0 atom stereocenters. The lowest BCUT2D eigenvalue weighted by molar-refractivity contribution is 0.381. The third kappa shape index (κ3) is 25.0. The Hall–Kier alpha value is -0.980. The van der Waals surface area contributed by atoms with Crippen LogP contribution in [0.25, 0.3) is 0 Å². The van der Waals surface area contributed by atoms with E-state index in [1.54, 1.807) is 0 Å². The largest absolute Gasteiger partial charge is 0.394 e. The van der Waals surface area contributed by atoms with Crippen LogP contribution in [0.3, 0.4) is 0 Å². The Morgan fingerprint density at radius 3 is 1.52 bits per heavy atom. The van der Waals surface area contributed by atoms with Gasteiger partial charge in [0.1, 0.15) is 0 Å². The van der Waals surface area contributed by atoms with E-state index in [4.69, 9.17) is 17.5 Å². The molecule has 0 aromatic carbocycles. The molecule has 1 aromatic heterocycles. The SMILES string of the molecule is CCCCCCCCCCCCCCCCc1ccccn1.O=S(=O)(O)O. The minimum absolute atomic E-state index is 1.15. The van der Waals surface area contributed by atoms with E-state index in [2.05, 4.69) is 24.0 Å². The van der Waals surface area contributed by atoms with Gasteiger partial charge in [-0.3, -0.25) is 14.1 Å². The summed E-state index contributed by atoms with van der Waals surface area (Å²) in [5.74, 6) is 0. The van der Waals surface area contributed by atoms with E-state index in [0.29, 0.717) is 0 Å². The third-order valence-corrected chi connectivity index (χ3v) is 4.51. The van der Waals surface area contributed by atoms with Crippen LogP contribution in [0, 0.1) is 0 Å². The van der Waals surface area contributed by atoms with Gasteiger partial charge >= 0.3 is 10.4 Å². The molecule has 0 unspecified atom stereocenters. The Morgan fingerprint density at radius 2 is 1.15 bits per heavy atom. The molecule has 0 amide bonds. The molecule has 0 spiro atoms. The van der Waals surface area contributed by atoms with Gasteiger partial charge in [-0.1, -0.05) is 96.5 Å².